The lowest BCUT2D eigenvalue weighted by molar-refractivity contribution is -0.123. The Morgan fingerprint density at radius 1 is 1.44 bits per heavy atom. The third-order valence-corrected chi connectivity index (χ3v) is 4.54. The van der Waals surface area contributed by atoms with Gasteiger partial charge in [-0.25, -0.2) is 0 Å². The lowest BCUT2D eigenvalue weighted by atomic mass is 10.0. The summed E-state index contributed by atoms with van der Waals surface area (Å²) in [6.07, 6.45) is 0.555. The average molecular weight is 295 g/mol. The zero-order valence-electron chi connectivity index (χ0n) is 10.8. The van der Waals surface area contributed by atoms with Gasteiger partial charge in [0.1, 0.15) is 4.33 Å². The second-order valence-corrected chi connectivity index (χ2v) is 7.19. The van der Waals surface area contributed by atoms with E-state index >= 15 is 0 Å². The molecule has 0 spiro atoms. The van der Waals surface area contributed by atoms with Crippen LogP contribution in [-0.4, -0.2) is 53.5 Å². The van der Waals surface area contributed by atoms with Gasteiger partial charge < -0.3 is 10.1 Å². The highest BCUT2D eigenvalue weighted by Gasteiger charge is 2.56. The van der Waals surface area contributed by atoms with Crippen molar-refractivity contribution in [1.29, 1.82) is 0 Å². The molecule has 18 heavy (non-hydrogen) atoms. The van der Waals surface area contributed by atoms with Gasteiger partial charge in [-0.2, -0.15) is 0 Å². The molecular weight excluding hydrogens is 275 g/mol. The maximum absolute atomic E-state index is 11.8. The van der Waals surface area contributed by atoms with E-state index in [9.17, 15) is 4.79 Å². The SMILES string of the molecule is CC(C)(CNC(=O)C1CC1(Cl)Cl)N1CCOCC1. The predicted octanol–water partition coefficient (Wildman–Crippen LogP) is 1.41. The van der Waals surface area contributed by atoms with Crippen LogP contribution in [0.4, 0.5) is 0 Å². The van der Waals surface area contributed by atoms with Gasteiger partial charge >= 0.3 is 0 Å². The van der Waals surface area contributed by atoms with Crippen molar-refractivity contribution in [1.82, 2.24) is 10.2 Å². The van der Waals surface area contributed by atoms with Crippen molar-refractivity contribution in [2.45, 2.75) is 30.1 Å². The molecule has 0 bridgehead atoms. The van der Waals surface area contributed by atoms with E-state index < -0.39 is 4.33 Å². The molecule has 1 N–H and O–H groups in total. The molecule has 1 atom stereocenters. The summed E-state index contributed by atoms with van der Waals surface area (Å²) >= 11 is 11.8. The first kappa shape index (κ1) is 14.4. The van der Waals surface area contributed by atoms with Gasteiger partial charge in [-0.15, -0.1) is 23.2 Å². The van der Waals surface area contributed by atoms with Crippen LogP contribution >= 0.6 is 23.2 Å². The fourth-order valence-electron chi connectivity index (χ4n) is 2.20. The number of halogens is 2. The predicted molar refractivity (Wildman–Crippen MR) is 72.0 cm³/mol. The maximum Gasteiger partial charge on any atom is 0.226 e. The molecule has 1 unspecified atom stereocenters. The average Bonchev–Trinajstić information content (AvgIpc) is 2.97. The van der Waals surface area contributed by atoms with Crippen LogP contribution in [0.5, 0.6) is 0 Å². The van der Waals surface area contributed by atoms with Crippen molar-refractivity contribution in [2.75, 3.05) is 32.8 Å². The molecule has 6 heteroatoms. The highest BCUT2D eigenvalue weighted by molar-refractivity contribution is 6.52. The standard InChI is InChI=1S/C12H20Cl2N2O2/c1-11(2,16-3-5-18-6-4-16)8-15-10(17)9-7-12(9,13)14/h9H,3-8H2,1-2H3,(H,15,17). The smallest absolute Gasteiger partial charge is 0.226 e. The molecule has 0 radical (unpaired) electrons. The van der Waals surface area contributed by atoms with E-state index in [0.717, 1.165) is 26.3 Å². The van der Waals surface area contributed by atoms with E-state index in [-0.39, 0.29) is 17.4 Å². The van der Waals surface area contributed by atoms with E-state index in [1.54, 1.807) is 0 Å². The Hall–Kier alpha value is -0.0300. The second-order valence-electron chi connectivity index (χ2n) is 5.65. The van der Waals surface area contributed by atoms with Gasteiger partial charge in [-0.1, -0.05) is 0 Å². The second kappa shape index (κ2) is 5.16. The number of hydrogen-bond donors (Lipinski definition) is 1. The van der Waals surface area contributed by atoms with Gasteiger partial charge in [0.05, 0.1) is 19.1 Å². The molecule has 1 saturated heterocycles. The number of ether oxygens (including phenoxy) is 1. The van der Waals surface area contributed by atoms with E-state index in [2.05, 4.69) is 24.1 Å². The Kier molecular flexibility index (Phi) is 4.12. The number of amides is 1. The van der Waals surface area contributed by atoms with Crippen LogP contribution in [0.2, 0.25) is 0 Å². The molecule has 2 fully saturated rings. The molecule has 4 nitrogen and oxygen atoms in total. The number of carbonyl (C=O) groups excluding carboxylic acids is 1. The summed E-state index contributed by atoms with van der Waals surface area (Å²) in [7, 11) is 0. The lowest BCUT2D eigenvalue weighted by Gasteiger charge is -2.40. The first-order chi connectivity index (χ1) is 8.33. The number of nitrogens with one attached hydrogen (secondary N) is 1. The van der Waals surface area contributed by atoms with Crippen LogP contribution in [-0.2, 0) is 9.53 Å². The summed E-state index contributed by atoms with van der Waals surface area (Å²) in [6.45, 7) is 8.17. The van der Waals surface area contributed by atoms with E-state index in [1.165, 1.54) is 0 Å². The Labute approximate surface area is 118 Å². The molecule has 1 aliphatic heterocycles. The fraction of sp³-hybridized carbons (Fsp3) is 0.917. The van der Waals surface area contributed by atoms with Gasteiger partial charge in [0.15, 0.2) is 0 Å². The summed E-state index contributed by atoms with van der Waals surface area (Å²) in [5.41, 5.74) is -0.0738. The molecule has 104 valence electrons. The molecule has 1 heterocycles. The van der Waals surface area contributed by atoms with Crippen molar-refractivity contribution in [3.63, 3.8) is 0 Å². The quantitative estimate of drug-likeness (QED) is 0.797. The van der Waals surface area contributed by atoms with Crippen LogP contribution in [0, 0.1) is 5.92 Å². The molecule has 1 amide bonds. The first-order valence-electron chi connectivity index (χ1n) is 6.31. The van der Waals surface area contributed by atoms with Crippen molar-refractivity contribution in [3.05, 3.63) is 0 Å². The highest BCUT2D eigenvalue weighted by Crippen LogP contribution is 2.53. The summed E-state index contributed by atoms with van der Waals surface area (Å²) in [4.78, 5) is 14.2. The van der Waals surface area contributed by atoms with E-state index in [4.69, 9.17) is 27.9 Å². The maximum atomic E-state index is 11.8. The molecule has 2 rings (SSSR count). The minimum absolute atomic E-state index is 0.0404. The number of hydrogen-bond acceptors (Lipinski definition) is 3. The number of morpholine rings is 1. The normalized spacial score (nSPS) is 27.9. The molecule has 0 aromatic heterocycles. The molecule has 0 aromatic rings. The number of alkyl halides is 2. The highest BCUT2D eigenvalue weighted by atomic mass is 35.5. The third kappa shape index (κ3) is 3.29. The Morgan fingerprint density at radius 2 is 2.00 bits per heavy atom. The Balaban J connectivity index is 1.79. The fourth-order valence-corrected chi connectivity index (χ4v) is 2.71. The summed E-state index contributed by atoms with van der Waals surface area (Å²) in [6, 6.07) is 0. The number of nitrogens with zero attached hydrogens (tertiary/aromatic N) is 1. The van der Waals surface area contributed by atoms with Gasteiger partial charge in [0.25, 0.3) is 0 Å². The minimum Gasteiger partial charge on any atom is -0.379 e. The minimum atomic E-state index is -0.840. The summed E-state index contributed by atoms with van der Waals surface area (Å²) < 4.78 is 4.49. The van der Waals surface area contributed by atoms with Gasteiger partial charge in [0.2, 0.25) is 5.91 Å². The lowest BCUT2D eigenvalue weighted by Crippen LogP contribution is -2.55. The number of carbonyl (C=O) groups is 1. The van der Waals surface area contributed by atoms with Gasteiger partial charge in [0, 0.05) is 25.2 Å². The first-order valence-corrected chi connectivity index (χ1v) is 7.07. The van der Waals surface area contributed by atoms with E-state index in [0.29, 0.717) is 13.0 Å². The monoisotopic (exact) mass is 294 g/mol. The van der Waals surface area contributed by atoms with E-state index in [1.807, 2.05) is 0 Å². The topological polar surface area (TPSA) is 41.6 Å². The number of rotatable bonds is 4. The zero-order chi connectivity index (χ0) is 13.4. The molecule has 0 aromatic carbocycles. The molecular formula is C12H20Cl2N2O2. The Bertz CT molecular complexity index is 328. The van der Waals surface area contributed by atoms with Crippen molar-refractivity contribution in [3.8, 4) is 0 Å². The van der Waals surface area contributed by atoms with Crippen LogP contribution in [0.25, 0.3) is 0 Å². The van der Waals surface area contributed by atoms with Crippen LogP contribution in [0.1, 0.15) is 20.3 Å². The molecule has 1 aliphatic carbocycles. The van der Waals surface area contributed by atoms with Crippen LogP contribution in [0.3, 0.4) is 0 Å². The zero-order valence-corrected chi connectivity index (χ0v) is 12.4. The van der Waals surface area contributed by atoms with Crippen LogP contribution < -0.4 is 5.32 Å². The summed E-state index contributed by atoms with van der Waals surface area (Å²) in [5, 5.41) is 2.95. The molecule has 1 saturated carbocycles. The van der Waals surface area contributed by atoms with Crippen molar-refractivity contribution < 1.29 is 9.53 Å². The Morgan fingerprint density at radius 3 is 2.50 bits per heavy atom. The van der Waals surface area contributed by atoms with Crippen LogP contribution in [0.15, 0.2) is 0 Å². The summed E-state index contributed by atoms with van der Waals surface area (Å²) in [5.74, 6) is -0.289. The van der Waals surface area contributed by atoms with Crippen molar-refractivity contribution >= 4 is 29.1 Å². The largest absolute Gasteiger partial charge is 0.379 e. The third-order valence-electron chi connectivity index (χ3n) is 3.70. The van der Waals surface area contributed by atoms with Gasteiger partial charge in [-0.05, 0) is 20.3 Å². The van der Waals surface area contributed by atoms with Gasteiger partial charge in [-0.3, -0.25) is 9.69 Å². The van der Waals surface area contributed by atoms with Crippen molar-refractivity contribution in [2.24, 2.45) is 5.92 Å². The molecule has 2 aliphatic rings.